The van der Waals surface area contributed by atoms with Crippen LogP contribution in [0.25, 0.3) is 0 Å². The predicted molar refractivity (Wildman–Crippen MR) is 75.7 cm³/mol. The molecule has 0 saturated carbocycles. The molecule has 2 heterocycles. The number of hydrogen-bond donors (Lipinski definition) is 2. The van der Waals surface area contributed by atoms with Crippen LogP contribution in [0.4, 0.5) is 5.69 Å². The Bertz CT molecular complexity index is 530. The van der Waals surface area contributed by atoms with Gasteiger partial charge in [-0.1, -0.05) is 0 Å². The summed E-state index contributed by atoms with van der Waals surface area (Å²) in [6.45, 7) is 3.37. The number of nitrogens with zero attached hydrogens (tertiary/aromatic N) is 4. The number of hydrogen-bond acceptors (Lipinski definition) is 6. The molecule has 1 aliphatic heterocycles. The van der Waals surface area contributed by atoms with Crippen molar-refractivity contribution in [3.05, 3.63) is 18.0 Å². The molecular weight excluding hydrogens is 256 g/mol. The molecule has 2 rings (SSSR count). The first-order chi connectivity index (χ1) is 9.67. The lowest BCUT2D eigenvalue weighted by Crippen LogP contribution is -2.48. The lowest BCUT2D eigenvalue weighted by Gasteiger charge is -2.35. The third-order valence-corrected chi connectivity index (χ3v) is 3.38. The Morgan fingerprint density at radius 3 is 2.75 bits per heavy atom. The maximum Gasteiger partial charge on any atom is 0.150 e. The molecule has 106 valence electrons. The third kappa shape index (κ3) is 2.81. The number of amidine groups is 1. The van der Waals surface area contributed by atoms with E-state index in [1.54, 1.807) is 6.20 Å². The monoisotopic (exact) mass is 274 g/mol. The topological polar surface area (TPSA) is 102 Å². The molecule has 1 aliphatic rings. The summed E-state index contributed by atoms with van der Waals surface area (Å²) in [5.41, 5.74) is 6.93. The van der Waals surface area contributed by atoms with Crippen LogP contribution in [-0.2, 0) is 0 Å². The third-order valence-electron chi connectivity index (χ3n) is 3.38. The van der Waals surface area contributed by atoms with Crippen LogP contribution in [0.3, 0.4) is 0 Å². The molecular formula is C13H18N6O. The highest BCUT2D eigenvalue weighted by atomic mass is 16.5. The molecule has 0 radical (unpaired) electrons. The molecule has 0 spiro atoms. The lowest BCUT2D eigenvalue weighted by atomic mass is 10.1. The average molecular weight is 274 g/mol. The van der Waals surface area contributed by atoms with Crippen molar-refractivity contribution in [3.63, 3.8) is 0 Å². The number of nitrogens with two attached hydrogens (primary N) is 1. The number of anilines is 1. The van der Waals surface area contributed by atoms with E-state index >= 15 is 0 Å². The van der Waals surface area contributed by atoms with E-state index in [4.69, 9.17) is 21.1 Å². The first kappa shape index (κ1) is 14.1. The summed E-state index contributed by atoms with van der Waals surface area (Å²) >= 11 is 0. The van der Waals surface area contributed by atoms with Gasteiger partial charge in [0, 0.05) is 26.2 Å². The fraction of sp³-hybridized carbons (Fsp3) is 0.462. The van der Waals surface area contributed by atoms with E-state index in [0.29, 0.717) is 42.5 Å². The zero-order valence-electron chi connectivity index (χ0n) is 11.5. The molecule has 0 atom stereocenters. The van der Waals surface area contributed by atoms with E-state index in [0.717, 1.165) is 13.1 Å². The summed E-state index contributed by atoms with van der Waals surface area (Å²) in [5, 5.41) is 17.0. The standard InChI is InChI=1S/C13H18N6O/c1-20-11-9-17-8-10(15)12(11)13(16)19-6-4-18(3-2-14)5-7-19/h8-9,16H,3-7,15H2,1H3. The van der Waals surface area contributed by atoms with Crippen LogP contribution in [0.1, 0.15) is 5.56 Å². The van der Waals surface area contributed by atoms with Gasteiger partial charge in [0.25, 0.3) is 0 Å². The second-order valence-electron chi connectivity index (χ2n) is 4.58. The number of nitriles is 1. The van der Waals surface area contributed by atoms with Gasteiger partial charge in [-0.3, -0.25) is 15.3 Å². The molecule has 0 unspecified atom stereocenters. The van der Waals surface area contributed by atoms with Gasteiger partial charge in [-0.15, -0.1) is 0 Å². The Hall–Kier alpha value is -2.33. The van der Waals surface area contributed by atoms with Crippen molar-refractivity contribution in [2.75, 3.05) is 45.6 Å². The number of rotatable bonds is 3. The Morgan fingerprint density at radius 2 is 2.15 bits per heavy atom. The zero-order valence-corrected chi connectivity index (χ0v) is 11.5. The molecule has 1 aromatic heterocycles. The Morgan fingerprint density at radius 1 is 1.45 bits per heavy atom. The number of methoxy groups -OCH3 is 1. The molecule has 3 N–H and O–H groups in total. The quantitative estimate of drug-likeness (QED) is 0.462. The fourth-order valence-electron chi connectivity index (χ4n) is 2.25. The lowest BCUT2D eigenvalue weighted by molar-refractivity contribution is 0.199. The van der Waals surface area contributed by atoms with Crippen molar-refractivity contribution >= 4 is 11.5 Å². The SMILES string of the molecule is COc1cncc(N)c1C(=N)N1CCN(CC#N)CC1. The van der Waals surface area contributed by atoms with Crippen molar-refractivity contribution in [2.24, 2.45) is 0 Å². The number of aromatic nitrogens is 1. The van der Waals surface area contributed by atoms with Crippen molar-refractivity contribution in [1.82, 2.24) is 14.8 Å². The minimum atomic E-state index is 0.346. The second-order valence-corrected chi connectivity index (χ2v) is 4.58. The van der Waals surface area contributed by atoms with E-state index in [2.05, 4.69) is 16.0 Å². The minimum Gasteiger partial charge on any atom is -0.494 e. The van der Waals surface area contributed by atoms with Crippen LogP contribution in [-0.4, -0.2) is 60.5 Å². The van der Waals surface area contributed by atoms with Gasteiger partial charge in [-0.05, 0) is 0 Å². The van der Waals surface area contributed by atoms with Crippen LogP contribution >= 0.6 is 0 Å². The predicted octanol–water partition coefficient (Wildman–Crippen LogP) is 0.139. The van der Waals surface area contributed by atoms with E-state index in [1.165, 1.54) is 13.3 Å². The van der Waals surface area contributed by atoms with E-state index in [1.807, 2.05) is 4.90 Å². The highest BCUT2D eigenvalue weighted by Crippen LogP contribution is 2.24. The highest BCUT2D eigenvalue weighted by Gasteiger charge is 2.23. The van der Waals surface area contributed by atoms with Crippen molar-refractivity contribution in [3.8, 4) is 11.8 Å². The van der Waals surface area contributed by atoms with Crippen molar-refractivity contribution in [2.45, 2.75) is 0 Å². The van der Waals surface area contributed by atoms with Gasteiger partial charge in [-0.25, -0.2) is 0 Å². The highest BCUT2D eigenvalue weighted by molar-refractivity contribution is 6.03. The summed E-state index contributed by atoms with van der Waals surface area (Å²) in [5.74, 6) is 0.854. The van der Waals surface area contributed by atoms with Gasteiger partial charge in [-0.2, -0.15) is 5.26 Å². The summed E-state index contributed by atoms with van der Waals surface area (Å²) in [6, 6.07) is 2.15. The normalized spacial score (nSPS) is 15.7. The van der Waals surface area contributed by atoms with E-state index in [-0.39, 0.29) is 0 Å². The summed E-state index contributed by atoms with van der Waals surface area (Å²) < 4.78 is 5.23. The van der Waals surface area contributed by atoms with Gasteiger partial charge in [0.2, 0.25) is 0 Å². The van der Waals surface area contributed by atoms with Gasteiger partial charge >= 0.3 is 0 Å². The largest absolute Gasteiger partial charge is 0.494 e. The molecule has 7 nitrogen and oxygen atoms in total. The maximum atomic E-state index is 8.69. The molecule has 1 saturated heterocycles. The number of ether oxygens (including phenoxy) is 1. The van der Waals surface area contributed by atoms with Crippen LogP contribution < -0.4 is 10.5 Å². The number of pyridine rings is 1. The van der Waals surface area contributed by atoms with Gasteiger partial charge in [0.05, 0.1) is 43.4 Å². The summed E-state index contributed by atoms with van der Waals surface area (Å²) in [4.78, 5) is 7.98. The van der Waals surface area contributed by atoms with E-state index in [9.17, 15) is 0 Å². The van der Waals surface area contributed by atoms with Crippen LogP contribution in [0.5, 0.6) is 5.75 Å². The molecule has 0 aromatic carbocycles. The number of piperazine rings is 1. The van der Waals surface area contributed by atoms with Gasteiger partial charge in [0.1, 0.15) is 11.6 Å². The molecule has 0 aliphatic carbocycles. The fourth-order valence-corrected chi connectivity index (χ4v) is 2.25. The Kier molecular flexibility index (Phi) is 4.38. The number of nitrogens with one attached hydrogen (secondary N) is 1. The first-order valence-electron chi connectivity index (χ1n) is 6.38. The zero-order chi connectivity index (χ0) is 14.5. The van der Waals surface area contributed by atoms with Gasteiger partial charge in [0.15, 0.2) is 0 Å². The van der Waals surface area contributed by atoms with Crippen molar-refractivity contribution < 1.29 is 4.74 Å². The molecule has 7 heteroatoms. The Balaban J connectivity index is 2.12. The van der Waals surface area contributed by atoms with Crippen LogP contribution in [0.2, 0.25) is 0 Å². The van der Waals surface area contributed by atoms with E-state index < -0.39 is 0 Å². The van der Waals surface area contributed by atoms with Crippen LogP contribution in [0.15, 0.2) is 12.4 Å². The molecule has 0 bridgehead atoms. The maximum absolute atomic E-state index is 8.69. The first-order valence-corrected chi connectivity index (χ1v) is 6.38. The molecule has 1 fully saturated rings. The van der Waals surface area contributed by atoms with Gasteiger partial charge < -0.3 is 15.4 Å². The second kappa shape index (κ2) is 6.21. The molecule has 0 amide bonds. The van der Waals surface area contributed by atoms with Crippen molar-refractivity contribution in [1.29, 1.82) is 10.7 Å². The summed E-state index contributed by atoms with van der Waals surface area (Å²) in [6.07, 6.45) is 3.09. The Labute approximate surface area is 118 Å². The number of nitrogen functional groups attached to an aromatic ring is 1. The minimum absolute atomic E-state index is 0.346. The smallest absolute Gasteiger partial charge is 0.150 e. The molecule has 20 heavy (non-hydrogen) atoms. The summed E-state index contributed by atoms with van der Waals surface area (Å²) in [7, 11) is 1.54. The molecule has 1 aromatic rings. The van der Waals surface area contributed by atoms with Crippen LogP contribution in [0, 0.1) is 16.7 Å². The average Bonchev–Trinajstić information content (AvgIpc) is 2.47.